The van der Waals surface area contributed by atoms with Crippen LogP contribution >= 0.6 is 11.3 Å². The standard InChI is InChI=1S/C17H21F3N4S/c1-12-3-5-13(6-4-12)7-9-22-16(21-2)23-10-8-15-24-14(11-25-15)17(18,19)20/h3-6,11H,7-10H2,1-2H3,(H2,21,22,23). The number of guanidine groups is 1. The van der Waals surface area contributed by atoms with Gasteiger partial charge in [-0.05, 0) is 18.9 Å². The van der Waals surface area contributed by atoms with Gasteiger partial charge in [-0.15, -0.1) is 11.3 Å². The van der Waals surface area contributed by atoms with E-state index in [4.69, 9.17) is 0 Å². The van der Waals surface area contributed by atoms with Gasteiger partial charge in [-0.2, -0.15) is 13.2 Å². The Labute approximate surface area is 149 Å². The zero-order chi connectivity index (χ0) is 18.3. The van der Waals surface area contributed by atoms with Crippen molar-refractivity contribution in [1.29, 1.82) is 0 Å². The summed E-state index contributed by atoms with van der Waals surface area (Å²) in [6.07, 6.45) is -3.10. The normalized spacial score (nSPS) is 12.3. The largest absolute Gasteiger partial charge is 0.434 e. The van der Waals surface area contributed by atoms with Gasteiger partial charge in [0.05, 0.1) is 5.01 Å². The summed E-state index contributed by atoms with van der Waals surface area (Å²) in [5, 5.41) is 7.77. The molecule has 0 aliphatic carbocycles. The summed E-state index contributed by atoms with van der Waals surface area (Å²) in [6, 6.07) is 8.33. The number of nitrogens with zero attached hydrogens (tertiary/aromatic N) is 2. The summed E-state index contributed by atoms with van der Waals surface area (Å²) in [5.74, 6) is 0.625. The summed E-state index contributed by atoms with van der Waals surface area (Å²) in [4.78, 5) is 7.71. The molecule has 1 aromatic carbocycles. The zero-order valence-corrected chi connectivity index (χ0v) is 15.0. The molecule has 0 amide bonds. The number of aromatic nitrogens is 1. The molecule has 0 aliphatic rings. The minimum absolute atomic E-state index is 0.416. The highest BCUT2D eigenvalue weighted by molar-refractivity contribution is 7.09. The van der Waals surface area contributed by atoms with Crippen molar-refractivity contribution in [3.8, 4) is 0 Å². The van der Waals surface area contributed by atoms with Gasteiger partial charge in [0, 0.05) is 31.9 Å². The topological polar surface area (TPSA) is 49.3 Å². The zero-order valence-electron chi connectivity index (χ0n) is 14.2. The molecule has 0 aliphatic heterocycles. The second kappa shape index (κ2) is 8.84. The van der Waals surface area contributed by atoms with E-state index in [1.165, 1.54) is 11.1 Å². The molecule has 0 unspecified atom stereocenters. The quantitative estimate of drug-likeness (QED) is 0.605. The van der Waals surface area contributed by atoms with E-state index in [0.717, 1.165) is 29.7 Å². The molecule has 0 spiro atoms. The first-order valence-corrected chi connectivity index (χ1v) is 8.78. The Hall–Kier alpha value is -2.09. The van der Waals surface area contributed by atoms with Crippen molar-refractivity contribution in [2.45, 2.75) is 25.9 Å². The SMILES string of the molecule is CN=C(NCCc1ccc(C)cc1)NCCc1nc(C(F)(F)F)cs1. The van der Waals surface area contributed by atoms with Crippen LogP contribution < -0.4 is 10.6 Å². The third-order valence-corrected chi connectivity index (χ3v) is 4.43. The maximum absolute atomic E-state index is 12.5. The van der Waals surface area contributed by atoms with Crippen molar-refractivity contribution in [2.24, 2.45) is 4.99 Å². The Kier molecular flexibility index (Phi) is 6.81. The van der Waals surface area contributed by atoms with Crippen LogP contribution in [0.25, 0.3) is 0 Å². The average Bonchev–Trinajstić information content (AvgIpc) is 3.04. The number of rotatable bonds is 6. The fraction of sp³-hybridized carbons (Fsp3) is 0.412. The van der Waals surface area contributed by atoms with E-state index in [1.807, 2.05) is 6.92 Å². The maximum Gasteiger partial charge on any atom is 0.434 e. The van der Waals surface area contributed by atoms with Crippen molar-refractivity contribution >= 4 is 17.3 Å². The van der Waals surface area contributed by atoms with E-state index in [0.29, 0.717) is 23.9 Å². The molecule has 2 rings (SSSR count). The van der Waals surface area contributed by atoms with Gasteiger partial charge in [0.2, 0.25) is 0 Å². The van der Waals surface area contributed by atoms with Crippen LogP contribution in [0.2, 0.25) is 0 Å². The molecule has 8 heteroatoms. The Balaban J connectivity index is 1.71. The molecule has 136 valence electrons. The van der Waals surface area contributed by atoms with E-state index in [-0.39, 0.29) is 0 Å². The van der Waals surface area contributed by atoms with Gasteiger partial charge >= 0.3 is 6.18 Å². The number of hydrogen-bond acceptors (Lipinski definition) is 3. The number of alkyl halides is 3. The lowest BCUT2D eigenvalue weighted by molar-refractivity contribution is -0.140. The van der Waals surface area contributed by atoms with Crippen LogP contribution in [0.1, 0.15) is 21.8 Å². The number of aliphatic imine (C=N–C) groups is 1. The fourth-order valence-electron chi connectivity index (χ4n) is 2.14. The predicted molar refractivity (Wildman–Crippen MR) is 95.1 cm³/mol. The molecule has 0 bridgehead atoms. The van der Waals surface area contributed by atoms with Crippen LogP contribution in [0.3, 0.4) is 0 Å². The molecule has 1 aromatic heterocycles. The Morgan fingerprint density at radius 2 is 1.76 bits per heavy atom. The minimum atomic E-state index is -4.38. The molecule has 4 nitrogen and oxygen atoms in total. The first kappa shape index (κ1) is 19.2. The summed E-state index contributed by atoms with van der Waals surface area (Å²) in [7, 11) is 1.66. The van der Waals surface area contributed by atoms with E-state index in [9.17, 15) is 13.2 Å². The molecule has 0 radical (unpaired) electrons. The van der Waals surface area contributed by atoms with E-state index < -0.39 is 11.9 Å². The lowest BCUT2D eigenvalue weighted by Crippen LogP contribution is -2.39. The van der Waals surface area contributed by atoms with Gasteiger partial charge in [0.25, 0.3) is 0 Å². The molecule has 25 heavy (non-hydrogen) atoms. The first-order chi connectivity index (χ1) is 11.9. The molecule has 1 heterocycles. The van der Waals surface area contributed by atoms with Gasteiger partial charge in [-0.3, -0.25) is 4.99 Å². The second-order valence-corrected chi connectivity index (χ2v) is 6.48. The Bertz CT molecular complexity index is 693. The molecule has 0 saturated carbocycles. The van der Waals surface area contributed by atoms with Crippen LogP contribution in [-0.2, 0) is 19.0 Å². The third-order valence-electron chi connectivity index (χ3n) is 3.52. The molecular weight excluding hydrogens is 349 g/mol. The highest BCUT2D eigenvalue weighted by atomic mass is 32.1. The number of aryl methyl sites for hydroxylation is 1. The average molecular weight is 370 g/mol. The molecule has 2 aromatic rings. The molecule has 0 atom stereocenters. The van der Waals surface area contributed by atoms with Gasteiger partial charge in [-0.25, -0.2) is 4.98 Å². The van der Waals surface area contributed by atoms with Crippen molar-refractivity contribution in [3.05, 3.63) is 51.5 Å². The molecule has 0 fully saturated rings. The number of thiazole rings is 1. The van der Waals surface area contributed by atoms with Gasteiger partial charge in [0.1, 0.15) is 0 Å². The number of nitrogens with one attached hydrogen (secondary N) is 2. The summed E-state index contributed by atoms with van der Waals surface area (Å²) < 4.78 is 37.5. The van der Waals surface area contributed by atoms with Crippen LogP contribution in [0.5, 0.6) is 0 Å². The first-order valence-electron chi connectivity index (χ1n) is 7.90. The van der Waals surface area contributed by atoms with E-state index >= 15 is 0 Å². The second-order valence-electron chi connectivity index (χ2n) is 5.54. The highest BCUT2D eigenvalue weighted by Crippen LogP contribution is 2.29. The van der Waals surface area contributed by atoms with Crippen LogP contribution in [-0.4, -0.2) is 31.1 Å². The van der Waals surface area contributed by atoms with Crippen LogP contribution in [0, 0.1) is 6.92 Å². The smallest absolute Gasteiger partial charge is 0.356 e. The maximum atomic E-state index is 12.5. The van der Waals surface area contributed by atoms with E-state index in [1.54, 1.807) is 7.05 Å². The Morgan fingerprint density at radius 3 is 2.32 bits per heavy atom. The van der Waals surface area contributed by atoms with Gasteiger partial charge < -0.3 is 10.6 Å². The van der Waals surface area contributed by atoms with Crippen LogP contribution in [0.4, 0.5) is 13.2 Å². The highest BCUT2D eigenvalue weighted by Gasteiger charge is 2.33. The van der Waals surface area contributed by atoms with Gasteiger partial charge in [0.15, 0.2) is 11.7 Å². The van der Waals surface area contributed by atoms with Crippen LogP contribution in [0.15, 0.2) is 34.6 Å². The van der Waals surface area contributed by atoms with Crippen molar-refractivity contribution in [2.75, 3.05) is 20.1 Å². The fourth-order valence-corrected chi connectivity index (χ4v) is 2.95. The number of benzene rings is 1. The summed E-state index contributed by atoms with van der Waals surface area (Å²) in [6.45, 7) is 3.24. The predicted octanol–water partition coefficient (Wildman–Crippen LogP) is 3.42. The van der Waals surface area contributed by atoms with Crippen molar-refractivity contribution in [1.82, 2.24) is 15.6 Å². The number of halogens is 3. The lowest BCUT2D eigenvalue weighted by Gasteiger charge is -2.11. The molecule has 2 N–H and O–H groups in total. The minimum Gasteiger partial charge on any atom is -0.356 e. The monoisotopic (exact) mass is 370 g/mol. The van der Waals surface area contributed by atoms with Crippen molar-refractivity contribution in [3.63, 3.8) is 0 Å². The third kappa shape index (κ3) is 6.38. The van der Waals surface area contributed by atoms with Gasteiger partial charge in [-0.1, -0.05) is 29.8 Å². The number of hydrogen-bond donors (Lipinski definition) is 2. The summed E-state index contributed by atoms with van der Waals surface area (Å²) >= 11 is 1.02. The molecular formula is C17H21F3N4S. The lowest BCUT2D eigenvalue weighted by atomic mass is 10.1. The summed E-state index contributed by atoms with van der Waals surface area (Å²) in [5.41, 5.74) is 1.63. The van der Waals surface area contributed by atoms with Crippen molar-refractivity contribution < 1.29 is 13.2 Å². The van der Waals surface area contributed by atoms with E-state index in [2.05, 4.69) is 44.9 Å². The Morgan fingerprint density at radius 1 is 1.12 bits per heavy atom. The molecule has 0 saturated heterocycles.